The first-order valence-electron chi connectivity index (χ1n) is 10.7. The van der Waals surface area contributed by atoms with Crippen molar-refractivity contribution in [2.24, 2.45) is 0 Å². The molecule has 5 aromatic rings. The van der Waals surface area contributed by atoms with Gasteiger partial charge in [0.25, 0.3) is 0 Å². The van der Waals surface area contributed by atoms with Gasteiger partial charge in [-0.05, 0) is 48.0 Å². The summed E-state index contributed by atoms with van der Waals surface area (Å²) < 4.78 is 18.5. The van der Waals surface area contributed by atoms with E-state index in [9.17, 15) is 9.18 Å². The van der Waals surface area contributed by atoms with Crippen LogP contribution in [0.5, 0.6) is 0 Å². The molecule has 0 unspecified atom stereocenters. The largest absolute Gasteiger partial charge is 0.444 e. The number of hydrogen-bond donors (Lipinski definition) is 3. The van der Waals surface area contributed by atoms with E-state index in [1.807, 2.05) is 72.8 Å². The average Bonchev–Trinajstić information content (AvgIpc) is 2.85. The summed E-state index contributed by atoms with van der Waals surface area (Å²) in [7, 11) is 0. The summed E-state index contributed by atoms with van der Waals surface area (Å²) >= 11 is 0. The number of ether oxygens (including phenoxy) is 1. The number of pyridine rings is 1. The zero-order chi connectivity index (χ0) is 23.3. The van der Waals surface area contributed by atoms with Crippen LogP contribution in [0.2, 0.25) is 0 Å². The van der Waals surface area contributed by atoms with Crippen molar-refractivity contribution in [3.8, 4) is 0 Å². The number of rotatable bonds is 6. The Morgan fingerprint density at radius 1 is 0.765 bits per heavy atom. The van der Waals surface area contributed by atoms with Gasteiger partial charge in [0, 0.05) is 16.5 Å². The predicted molar refractivity (Wildman–Crippen MR) is 133 cm³/mol. The second kappa shape index (κ2) is 9.46. The van der Waals surface area contributed by atoms with Gasteiger partial charge in [0.2, 0.25) is 0 Å². The van der Waals surface area contributed by atoms with Crippen LogP contribution in [-0.4, -0.2) is 11.1 Å². The first-order valence-corrected chi connectivity index (χ1v) is 10.7. The van der Waals surface area contributed by atoms with Crippen LogP contribution in [0, 0.1) is 5.82 Å². The molecule has 1 amide bonds. The molecular formula is C27H21FN4O2. The van der Waals surface area contributed by atoms with E-state index in [0.717, 1.165) is 38.7 Å². The molecule has 0 saturated carbocycles. The molecule has 168 valence electrons. The van der Waals surface area contributed by atoms with Crippen molar-refractivity contribution in [3.63, 3.8) is 0 Å². The van der Waals surface area contributed by atoms with Gasteiger partial charge in [0.05, 0.1) is 22.4 Å². The van der Waals surface area contributed by atoms with E-state index in [-0.39, 0.29) is 6.61 Å². The van der Waals surface area contributed by atoms with Crippen molar-refractivity contribution in [1.82, 2.24) is 4.98 Å². The second-order valence-corrected chi connectivity index (χ2v) is 7.68. The minimum atomic E-state index is -0.656. The van der Waals surface area contributed by atoms with Crippen molar-refractivity contribution < 1.29 is 13.9 Å². The SMILES string of the molecule is O=C(Nc1cccc(F)c1)OCc1cccc(NNc2c3ccccc3nc3ccccc23)c1. The highest BCUT2D eigenvalue weighted by Crippen LogP contribution is 2.30. The molecule has 4 aromatic carbocycles. The molecule has 1 heterocycles. The predicted octanol–water partition coefficient (Wildman–Crippen LogP) is 6.71. The van der Waals surface area contributed by atoms with E-state index < -0.39 is 11.9 Å². The van der Waals surface area contributed by atoms with Crippen LogP contribution in [0.25, 0.3) is 21.8 Å². The Hall–Kier alpha value is -4.65. The number of carbonyl (C=O) groups is 1. The molecule has 3 N–H and O–H groups in total. The first kappa shape index (κ1) is 21.2. The third kappa shape index (κ3) is 4.73. The van der Waals surface area contributed by atoms with Gasteiger partial charge >= 0.3 is 6.09 Å². The molecular weight excluding hydrogens is 431 g/mol. The highest BCUT2D eigenvalue weighted by molar-refractivity contribution is 6.07. The Bertz CT molecular complexity index is 1430. The number of nitrogens with zero attached hydrogens (tertiary/aromatic N) is 1. The van der Waals surface area contributed by atoms with Crippen LogP contribution in [0.1, 0.15) is 5.56 Å². The molecule has 6 nitrogen and oxygen atoms in total. The van der Waals surface area contributed by atoms with Crippen LogP contribution in [0.15, 0.2) is 97.1 Å². The van der Waals surface area contributed by atoms with E-state index in [1.54, 1.807) is 6.07 Å². The fraction of sp³-hybridized carbons (Fsp3) is 0.0370. The molecule has 1 aromatic heterocycles. The molecule has 0 aliphatic rings. The number of carbonyl (C=O) groups excluding carboxylic acids is 1. The number of amides is 1. The van der Waals surface area contributed by atoms with Gasteiger partial charge in [-0.25, -0.2) is 14.2 Å². The summed E-state index contributed by atoms with van der Waals surface area (Å²) in [5, 5.41) is 4.52. The lowest BCUT2D eigenvalue weighted by molar-refractivity contribution is 0.155. The Labute approximate surface area is 195 Å². The van der Waals surface area contributed by atoms with Gasteiger partial charge < -0.3 is 10.2 Å². The van der Waals surface area contributed by atoms with Crippen molar-refractivity contribution in [1.29, 1.82) is 0 Å². The molecule has 0 atom stereocenters. The fourth-order valence-electron chi connectivity index (χ4n) is 3.72. The van der Waals surface area contributed by atoms with Gasteiger partial charge in [0.1, 0.15) is 12.4 Å². The molecule has 34 heavy (non-hydrogen) atoms. The number of hydrazine groups is 1. The van der Waals surface area contributed by atoms with Crippen LogP contribution in [0.4, 0.5) is 26.2 Å². The van der Waals surface area contributed by atoms with E-state index in [1.165, 1.54) is 18.2 Å². The lowest BCUT2D eigenvalue weighted by atomic mass is 10.1. The Kier molecular flexibility index (Phi) is 5.90. The maximum Gasteiger partial charge on any atom is 0.411 e. The molecule has 7 heteroatoms. The zero-order valence-corrected chi connectivity index (χ0v) is 18.1. The maximum absolute atomic E-state index is 13.3. The molecule has 0 aliphatic heterocycles. The normalized spacial score (nSPS) is 10.7. The monoisotopic (exact) mass is 452 g/mol. The van der Waals surface area contributed by atoms with E-state index >= 15 is 0 Å². The van der Waals surface area contributed by atoms with Crippen molar-refractivity contribution >= 4 is 45.0 Å². The van der Waals surface area contributed by atoms with E-state index in [4.69, 9.17) is 9.72 Å². The minimum Gasteiger partial charge on any atom is -0.444 e. The van der Waals surface area contributed by atoms with Gasteiger partial charge in [-0.2, -0.15) is 0 Å². The molecule has 0 bridgehead atoms. The van der Waals surface area contributed by atoms with Crippen LogP contribution >= 0.6 is 0 Å². The summed E-state index contributed by atoms with van der Waals surface area (Å²) in [5.41, 5.74) is 11.2. The summed E-state index contributed by atoms with van der Waals surface area (Å²) in [5.74, 6) is -0.432. The Morgan fingerprint density at radius 2 is 1.44 bits per heavy atom. The lowest BCUT2D eigenvalue weighted by Crippen LogP contribution is -2.14. The Balaban J connectivity index is 1.28. The number of nitrogens with one attached hydrogen (secondary N) is 3. The molecule has 0 saturated heterocycles. The topological polar surface area (TPSA) is 75.3 Å². The molecule has 0 spiro atoms. The standard InChI is InChI=1S/C27H21FN4O2/c28-19-8-6-9-20(16-19)29-27(33)34-17-18-7-5-10-21(15-18)31-32-26-22-11-1-3-13-24(22)30-25-14-4-2-12-23(25)26/h1-16,31H,17H2,(H,29,33)(H,30,32). The summed E-state index contributed by atoms with van der Waals surface area (Å²) in [6.45, 7) is 0.0672. The number of halogens is 1. The summed E-state index contributed by atoms with van der Waals surface area (Å²) in [4.78, 5) is 16.8. The molecule has 0 fully saturated rings. The highest BCUT2D eigenvalue weighted by Gasteiger charge is 2.09. The molecule has 5 rings (SSSR count). The number of para-hydroxylation sites is 2. The fourth-order valence-corrected chi connectivity index (χ4v) is 3.72. The Morgan fingerprint density at radius 3 is 2.18 bits per heavy atom. The van der Waals surface area contributed by atoms with Crippen molar-refractivity contribution in [2.45, 2.75) is 6.61 Å². The van der Waals surface area contributed by atoms with Crippen LogP contribution in [-0.2, 0) is 11.3 Å². The molecule has 0 radical (unpaired) electrons. The van der Waals surface area contributed by atoms with Gasteiger partial charge in [-0.15, -0.1) is 0 Å². The number of fused-ring (bicyclic) bond motifs is 2. The van der Waals surface area contributed by atoms with Gasteiger partial charge in [0.15, 0.2) is 0 Å². The minimum absolute atomic E-state index is 0.0672. The zero-order valence-electron chi connectivity index (χ0n) is 18.1. The van der Waals surface area contributed by atoms with Crippen molar-refractivity contribution in [2.75, 3.05) is 16.2 Å². The van der Waals surface area contributed by atoms with Crippen LogP contribution < -0.4 is 16.2 Å². The van der Waals surface area contributed by atoms with Gasteiger partial charge in [-0.1, -0.05) is 54.6 Å². The highest BCUT2D eigenvalue weighted by atomic mass is 19.1. The number of anilines is 3. The third-order valence-corrected chi connectivity index (χ3v) is 5.29. The molecule has 0 aliphatic carbocycles. The average molecular weight is 452 g/mol. The van der Waals surface area contributed by atoms with E-state index in [0.29, 0.717) is 5.69 Å². The van der Waals surface area contributed by atoms with Crippen molar-refractivity contribution in [3.05, 3.63) is 108 Å². The summed E-state index contributed by atoms with van der Waals surface area (Å²) in [6, 6.07) is 29.1. The maximum atomic E-state index is 13.3. The lowest BCUT2D eigenvalue weighted by Gasteiger charge is -2.15. The number of hydrogen-bond acceptors (Lipinski definition) is 5. The van der Waals surface area contributed by atoms with Crippen LogP contribution in [0.3, 0.4) is 0 Å². The smallest absolute Gasteiger partial charge is 0.411 e. The third-order valence-electron chi connectivity index (χ3n) is 5.29. The number of benzene rings is 4. The quantitative estimate of drug-likeness (QED) is 0.197. The first-order chi connectivity index (χ1) is 16.7. The second-order valence-electron chi connectivity index (χ2n) is 7.68. The van der Waals surface area contributed by atoms with Gasteiger partial charge in [-0.3, -0.25) is 10.7 Å². The number of aromatic nitrogens is 1. The van der Waals surface area contributed by atoms with E-state index in [2.05, 4.69) is 16.2 Å². The summed E-state index contributed by atoms with van der Waals surface area (Å²) in [6.07, 6.45) is -0.656.